The Labute approximate surface area is 123 Å². The van der Waals surface area contributed by atoms with Gasteiger partial charge in [-0.2, -0.15) is 10.2 Å². The molecule has 0 spiro atoms. The van der Waals surface area contributed by atoms with E-state index in [2.05, 4.69) is 15.5 Å². The minimum absolute atomic E-state index is 0.0506. The molecule has 112 valence electrons. The summed E-state index contributed by atoms with van der Waals surface area (Å²) in [7, 11) is 0. The molecule has 1 atom stereocenters. The highest BCUT2D eigenvalue weighted by Crippen LogP contribution is 2.22. The third-order valence-corrected chi connectivity index (χ3v) is 3.33. The first-order valence-electron chi connectivity index (χ1n) is 6.98. The van der Waals surface area contributed by atoms with Gasteiger partial charge in [0.2, 0.25) is 0 Å². The predicted octanol–water partition coefficient (Wildman–Crippen LogP) is 3.26. The van der Waals surface area contributed by atoms with Crippen molar-refractivity contribution < 1.29 is 8.78 Å². The van der Waals surface area contributed by atoms with E-state index in [1.54, 1.807) is 0 Å². The number of nitrogens with one attached hydrogen (secondary N) is 1. The quantitative estimate of drug-likeness (QED) is 0.919. The van der Waals surface area contributed by atoms with Crippen LogP contribution in [0.4, 0.5) is 8.78 Å². The molecule has 0 radical (unpaired) electrons. The van der Waals surface area contributed by atoms with E-state index in [9.17, 15) is 8.78 Å². The van der Waals surface area contributed by atoms with Gasteiger partial charge in [-0.25, -0.2) is 8.78 Å². The van der Waals surface area contributed by atoms with Crippen molar-refractivity contribution in [1.29, 1.82) is 0 Å². The van der Waals surface area contributed by atoms with Gasteiger partial charge in [-0.3, -0.25) is 0 Å². The van der Waals surface area contributed by atoms with Crippen LogP contribution < -0.4 is 5.32 Å². The lowest BCUT2D eigenvalue weighted by Gasteiger charge is -2.20. The topological polar surface area (TPSA) is 37.8 Å². The van der Waals surface area contributed by atoms with Gasteiger partial charge < -0.3 is 5.32 Å². The Kier molecular flexibility index (Phi) is 4.96. The number of hydrogen-bond acceptors (Lipinski definition) is 3. The maximum atomic E-state index is 13.3. The maximum Gasteiger partial charge on any atom is 0.126 e. The van der Waals surface area contributed by atoms with E-state index >= 15 is 0 Å². The normalized spacial score (nSPS) is 12.4. The number of hydrogen-bond donors (Lipinski definition) is 1. The van der Waals surface area contributed by atoms with Gasteiger partial charge >= 0.3 is 0 Å². The first kappa shape index (κ1) is 15.5. The molecule has 1 aromatic carbocycles. The molecule has 0 aliphatic heterocycles. The molecular formula is C16H19F2N3. The summed E-state index contributed by atoms with van der Waals surface area (Å²) in [5.41, 5.74) is 3.27. The minimum Gasteiger partial charge on any atom is -0.310 e. The SMILES string of the molecule is CCNC(Cc1cc(F)cc(F)c1)c1cc(C)nnc1C. The third-order valence-electron chi connectivity index (χ3n) is 3.33. The summed E-state index contributed by atoms with van der Waals surface area (Å²) < 4.78 is 26.7. The second-order valence-corrected chi connectivity index (χ2v) is 5.12. The Morgan fingerprint density at radius 1 is 1.05 bits per heavy atom. The molecule has 1 heterocycles. The van der Waals surface area contributed by atoms with E-state index < -0.39 is 11.6 Å². The number of likely N-dealkylation sites (N-methyl/N-ethyl adjacent to an activating group) is 1. The number of aryl methyl sites for hydroxylation is 2. The van der Waals surface area contributed by atoms with Crippen molar-refractivity contribution in [3.05, 3.63) is 58.4 Å². The van der Waals surface area contributed by atoms with Gasteiger partial charge in [0.15, 0.2) is 0 Å². The van der Waals surface area contributed by atoms with Gasteiger partial charge in [-0.05, 0) is 56.1 Å². The number of aromatic nitrogens is 2. The van der Waals surface area contributed by atoms with E-state index in [1.165, 1.54) is 12.1 Å². The number of halogens is 2. The first-order chi connectivity index (χ1) is 9.99. The average molecular weight is 291 g/mol. The van der Waals surface area contributed by atoms with Crippen molar-refractivity contribution in [2.75, 3.05) is 6.54 Å². The lowest BCUT2D eigenvalue weighted by molar-refractivity contribution is 0.533. The fraction of sp³-hybridized carbons (Fsp3) is 0.375. The van der Waals surface area contributed by atoms with Crippen LogP contribution in [-0.2, 0) is 6.42 Å². The zero-order valence-electron chi connectivity index (χ0n) is 12.5. The van der Waals surface area contributed by atoms with Crippen LogP contribution in [-0.4, -0.2) is 16.7 Å². The summed E-state index contributed by atoms with van der Waals surface area (Å²) in [6.45, 7) is 6.51. The van der Waals surface area contributed by atoms with Gasteiger partial charge in [0, 0.05) is 12.1 Å². The Bertz CT molecular complexity index is 609. The summed E-state index contributed by atoms with van der Waals surface area (Å²) in [5.74, 6) is -1.11. The molecule has 0 aliphatic rings. The standard InChI is InChI=1S/C16H19F2N3/c1-4-19-16(15-5-10(2)20-21-11(15)3)8-12-6-13(17)9-14(18)7-12/h5-7,9,16,19H,4,8H2,1-3H3. The fourth-order valence-electron chi connectivity index (χ4n) is 2.43. The van der Waals surface area contributed by atoms with Crippen LogP contribution in [0.2, 0.25) is 0 Å². The smallest absolute Gasteiger partial charge is 0.126 e. The zero-order valence-corrected chi connectivity index (χ0v) is 12.5. The number of nitrogens with zero attached hydrogens (tertiary/aromatic N) is 2. The summed E-state index contributed by atoms with van der Waals surface area (Å²) in [6, 6.07) is 5.53. The van der Waals surface area contributed by atoms with Crippen LogP contribution >= 0.6 is 0 Å². The summed E-state index contributed by atoms with van der Waals surface area (Å²) in [4.78, 5) is 0. The number of rotatable bonds is 5. The molecule has 1 aromatic heterocycles. The molecule has 0 saturated heterocycles. The Hall–Kier alpha value is -1.88. The molecule has 0 fully saturated rings. The maximum absolute atomic E-state index is 13.3. The van der Waals surface area contributed by atoms with E-state index in [4.69, 9.17) is 0 Å². The van der Waals surface area contributed by atoms with Crippen LogP contribution in [0.3, 0.4) is 0 Å². The lowest BCUT2D eigenvalue weighted by atomic mass is 9.97. The first-order valence-corrected chi connectivity index (χ1v) is 6.98. The lowest BCUT2D eigenvalue weighted by Crippen LogP contribution is -2.24. The van der Waals surface area contributed by atoms with E-state index in [1.807, 2.05) is 26.8 Å². The molecule has 5 heteroatoms. The van der Waals surface area contributed by atoms with Gasteiger partial charge in [-0.1, -0.05) is 6.92 Å². The van der Waals surface area contributed by atoms with E-state index in [0.717, 1.165) is 29.6 Å². The van der Waals surface area contributed by atoms with Crippen LogP contribution in [0.25, 0.3) is 0 Å². The average Bonchev–Trinajstić information content (AvgIpc) is 2.40. The minimum atomic E-state index is -0.555. The Balaban J connectivity index is 2.32. The molecule has 3 nitrogen and oxygen atoms in total. The molecule has 21 heavy (non-hydrogen) atoms. The Morgan fingerprint density at radius 2 is 1.71 bits per heavy atom. The van der Waals surface area contributed by atoms with Crippen molar-refractivity contribution in [2.45, 2.75) is 33.2 Å². The highest BCUT2D eigenvalue weighted by atomic mass is 19.1. The Morgan fingerprint density at radius 3 is 2.33 bits per heavy atom. The largest absolute Gasteiger partial charge is 0.310 e. The molecular weight excluding hydrogens is 272 g/mol. The van der Waals surface area contributed by atoms with Crippen molar-refractivity contribution in [2.24, 2.45) is 0 Å². The third kappa shape index (κ3) is 4.04. The highest BCUT2D eigenvalue weighted by Gasteiger charge is 2.16. The van der Waals surface area contributed by atoms with E-state index in [-0.39, 0.29) is 6.04 Å². The fourth-order valence-corrected chi connectivity index (χ4v) is 2.43. The highest BCUT2D eigenvalue weighted by molar-refractivity contribution is 5.27. The summed E-state index contributed by atoms with van der Waals surface area (Å²) in [6.07, 6.45) is 0.495. The summed E-state index contributed by atoms with van der Waals surface area (Å²) >= 11 is 0. The monoisotopic (exact) mass is 291 g/mol. The molecule has 0 amide bonds. The van der Waals surface area contributed by atoms with Gasteiger partial charge in [0.25, 0.3) is 0 Å². The van der Waals surface area contributed by atoms with Crippen LogP contribution in [0, 0.1) is 25.5 Å². The van der Waals surface area contributed by atoms with Gasteiger partial charge in [0.1, 0.15) is 11.6 Å². The van der Waals surface area contributed by atoms with Crippen molar-refractivity contribution in [3.63, 3.8) is 0 Å². The molecule has 2 aromatic rings. The zero-order chi connectivity index (χ0) is 15.4. The molecule has 0 aliphatic carbocycles. The van der Waals surface area contributed by atoms with Crippen molar-refractivity contribution >= 4 is 0 Å². The number of benzene rings is 1. The van der Waals surface area contributed by atoms with Gasteiger partial charge in [0.05, 0.1) is 11.4 Å². The molecule has 1 N–H and O–H groups in total. The van der Waals surface area contributed by atoms with Gasteiger partial charge in [-0.15, -0.1) is 0 Å². The molecule has 2 rings (SSSR count). The second kappa shape index (κ2) is 6.72. The summed E-state index contributed by atoms with van der Waals surface area (Å²) in [5, 5.41) is 11.5. The van der Waals surface area contributed by atoms with Crippen LogP contribution in [0.15, 0.2) is 24.3 Å². The van der Waals surface area contributed by atoms with Crippen LogP contribution in [0.5, 0.6) is 0 Å². The van der Waals surface area contributed by atoms with Crippen molar-refractivity contribution in [3.8, 4) is 0 Å². The molecule has 0 bridgehead atoms. The molecule has 1 unspecified atom stereocenters. The van der Waals surface area contributed by atoms with Crippen molar-refractivity contribution in [1.82, 2.24) is 15.5 Å². The second-order valence-electron chi connectivity index (χ2n) is 5.12. The molecule has 0 saturated carbocycles. The van der Waals surface area contributed by atoms with Crippen LogP contribution in [0.1, 0.15) is 35.5 Å². The predicted molar refractivity (Wildman–Crippen MR) is 78.0 cm³/mol. The van der Waals surface area contributed by atoms with E-state index in [0.29, 0.717) is 12.0 Å².